The second kappa shape index (κ2) is 5.99. The van der Waals surface area contributed by atoms with Gasteiger partial charge in [-0.3, -0.25) is 0 Å². The molecule has 0 spiro atoms. The van der Waals surface area contributed by atoms with Gasteiger partial charge in [0, 0.05) is 10.0 Å². The number of hydrogen-bond acceptors (Lipinski definition) is 2. The molecule has 0 radical (unpaired) electrons. The van der Waals surface area contributed by atoms with Gasteiger partial charge in [-0.2, -0.15) is 0 Å². The summed E-state index contributed by atoms with van der Waals surface area (Å²) in [5.41, 5.74) is 2.10. The van der Waals surface area contributed by atoms with E-state index in [2.05, 4.69) is 0 Å². The van der Waals surface area contributed by atoms with Gasteiger partial charge in [0.2, 0.25) is 0 Å². The van der Waals surface area contributed by atoms with E-state index in [0.29, 0.717) is 15.6 Å². The van der Waals surface area contributed by atoms with Gasteiger partial charge in [0.1, 0.15) is 0 Å². The number of halogens is 2. The SMILES string of the molecule is COC(=O)c1ccc(Cl)cc1-c1ccc2ccc(Cl)cc2c1. The summed E-state index contributed by atoms with van der Waals surface area (Å²) < 4.78 is 4.84. The first kappa shape index (κ1) is 14.9. The average Bonchev–Trinajstić information content (AvgIpc) is 2.53. The number of carbonyl (C=O) groups is 1. The van der Waals surface area contributed by atoms with E-state index < -0.39 is 5.97 Å². The van der Waals surface area contributed by atoms with Gasteiger partial charge in [-0.15, -0.1) is 0 Å². The Balaban J connectivity index is 2.22. The molecule has 0 aliphatic heterocycles. The molecule has 0 saturated carbocycles. The Kier molecular flexibility index (Phi) is 4.06. The van der Waals surface area contributed by atoms with Gasteiger partial charge in [0.05, 0.1) is 12.7 Å². The number of ether oxygens (including phenoxy) is 1. The third-order valence-corrected chi connectivity index (χ3v) is 3.97. The minimum absolute atomic E-state index is 0.391. The molecule has 0 heterocycles. The summed E-state index contributed by atoms with van der Waals surface area (Å²) >= 11 is 12.1. The van der Waals surface area contributed by atoms with E-state index in [0.717, 1.165) is 21.9 Å². The highest BCUT2D eigenvalue weighted by atomic mass is 35.5. The van der Waals surface area contributed by atoms with E-state index in [1.165, 1.54) is 7.11 Å². The molecule has 0 amide bonds. The summed E-state index contributed by atoms with van der Waals surface area (Å²) in [5.74, 6) is -0.391. The first-order valence-electron chi connectivity index (χ1n) is 6.66. The van der Waals surface area contributed by atoms with Crippen LogP contribution in [0, 0.1) is 0 Å². The Morgan fingerprint density at radius 3 is 2.32 bits per heavy atom. The van der Waals surface area contributed by atoms with Crippen molar-refractivity contribution >= 4 is 39.9 Å². The van der Waals surface area contributed by atoms with Gasteiger partial charge in [-0.05, 0) is 58.3 Å². The zero-order valence-electron chi connectivity index (χ0n) is 11.8. The van der Waals surface area contributed by atoms with Crippen molar-refractivity contribution in [2.24, 2.45) is 0 Å². The molecule has 110 valence electrons. The maximum absolute atomic E-state index is 12.0. The quantitative estimate of drug-likeness (QED) is 0.571. The van der Waals surface area contributed by atoms with Gasteiger partial charge >= 0.3 is 5.97 Å². The minimum Gasteiger partial charge on any atom is -0.465 e. The Labute approximate surface area is 138 Å². The van der Waals surface area contributed by atoms with Crippen LogP contribution in [0.2, 0.25) is 10.0 Å². The van der Waals surface area contributed by atoms with Crippen molar-refractivity contribution in [1.82, 2.24) is 0 Å². The number of fused-ring (bicyclic) bond motifs is 1. The fraction of sp³-hybridized carbons (Fsp3) is 0.0556. The zero-order valence-corrected chi connectivity index (χ0v) is 13.3. The second-order valence-electron chi connectivity index (χ2n) is 4.89. The Bertz CT molecular complexity index is 872. The third kappa shape index (κ3) is 2.80. The topological polar surface area (TPSA) is 26.3 Å². The second-order valence-corrected chi connectivity index (χ2v) is 5.76. The Morgan fingerprint density at radius 1 is 0.864 bits per heavy atom. The van der Waals surface area contributed by atoms with Crippen molar-refractivity contribution in [3.8, 4) is 11.1 Å². The fourth-order valence-corrected chi connectivity index (χ4v) is 2.78. The number of esters is 1. The highest BCUT2D eigenvalue weighted by molar-refractivity contribution is 6.31. The Morgan fingerprint density at radius 2 is 1.55 bits per heavy atom. The number of hydrogen-bond donors (Lipinski definition) is 0. The van der Waals surface area contributed by atoms with E-state index >= 15 is 0 Å². The molecule has 0 unspecified atom stereocenters. The molecule has 22 heavy (non-hydrogen) atoms. The fourth-order valence-electron chi connectivity index (χ4n) is 2.43. The lowest BCUT2D eigenvalue weighted by Gasteiger charge is -2.10. The lowest BCUT2D eigenvalue weighted by atomic mass is 9.97. The van der Waals surface area contributed by atoms with Crippen molar-refractivity contribution < 1.29 is 9.53 Å². The summed E-state index contributed by atoms with van der Waals surface area (Å²) in [5, 5.41) is 3.31. The molecular formula is C18H12Cl2O2. The summed E-state index contributed by atoms with van der Waals surface area (Å²) in [6.45, 7) is 0. The van der Waals surface area contributed by atoms with E-state index in [1.807, 2.05) is 36.4 Å². The van der Waals surface area contributed by atoms with E-state index in [1.54, 1.807) is 18.2 Å². The first-order valence-corrected chi connectivity index (χ1v) is 7.41. The summed E-state index contributed by atoms with van der Waals surface area (Å²) in [4.78, 5) is 12.0. The van der Waals surface area contributed by atoms with E-state index in [4.69, 9.17) is 27.9 Å². The lowest BCUT2D eigenvalue weighted by Crippen LogP contribution is -2.03. The number of methoxy groups -OCH3 is 1. The van der Waals surface area contributed by atoms with Crippen molar-refractivity contribution in [2.75, 3.05) is 7.11 Å². The molecule has 0 saturated heterocycles. The van der Waals surface area contributed by atoms with Crippen LogP contribution in [-0.4, -0.2) is 13.1 Å². The summed E-state index contributed by atoms with van der Waals surface area (Å²) in [6.07, 6.45) is 0. The van der Waals surface area contributed by atoms with Gasteiger partial charge in [-0.1, -0.05) is 41.4 Å². The maximum Gasteiger partial charge on any atom is 0.338 e. The smallest absolute Gasteiger partial charge is 0.338 e. The van der Waals surface area contributed by atoms with Crippen LogP contribution < -0.4 is 0 Å². The van der Waals surface area contributed by atoms with Gasteiger partial charge in [0.15, 0.2) is 0 Å². The van der Waals surface area contributed by atoms with Crippen LogP contribution in [0.3, 0.4) is 0 Å². The molecule has 0 bridgehead atoms. The predicted molar refractivity (Wildman–Crippen MR) is 90.7 cm³/mol. The van der Waals surface area contributed by atoms with Gasteiger partial charge in [0.25, 0.3) is 0 Å². The third-order valence-electron chi connectivity index (χ3n) is 3.50. The number of carbonyl (C=O) groups excluding carboxylic acids is 1. The van der Waals surface area contributed by atoms with Crippen molar-refractivity contribution in [3.05, 3.63) is 70.2 Å². The van der Waals surface area contributed by atoms with Crippen LogP contribution in [0.5, 0.6) is 0 Å². The molecule has 4 heteroatoms. The van der Waals surface area contributed by atoms with E-state index in [-0.39, 0.29) is 0 Å². The highest BCUT2D eigenvalue weighted by Gasteiger charge is 2.14. The number of benzene rings is 3. The summed E-state index contributed by atoms with van der Waals surface area (Å²) in [7, 11) is 1.36. The normalized spacial score (nSPS) is 10.7. The average molecular weight is 331 g/mol. The van der Waals surface area contributed by atoms with E-state index in [9.17, 15) is 4.79 Å². The van der Waals surface area contributed by atoms with Crippen molar-refractivity contribution in [1.29, 1.82) is 0 Å². The molecule has 0 atom stereocenters. The molecular weight excluding hydrogens is 319 g/mol. The standard InChI is InChI=1S/C18H12Cl2O2/c1-22-18(21)16-7-6-15(20)10-17(16)12-3-2-11-4-5-14(19)9-13(11)8-12/h2-10H,1H3. The molecule has 0 aliphatic carbocycles. The van der Waals surface area contributed by atoms with Crippen LogP contribution in [0.1, 0.15) is 10.4 Å². The molecule has 0 N–H and O–H groups in total. The van der Waals surface area contributed by atoms with Crippen LogP contribution >= 0.6 is 23.2 Å². The van der Waals surface area contributed by atoms with Crippen molar-refractivity contribution in [3.63, 3.8) is 0 Å². The predicted octanol–water partition coefficient (Wildman–Crippen LogP) is 5.60. The molecule has 2 nitrogen and oxygen atoms in total. The molecule has 3 aromatic rings. The zero-order chi connectivity index (χ0) is 15.7. The Hall–Kier alpha value is -2.03. The lowest BCUT2D eigenvalue weighted by molar-refractivity contribution is 0.0601. The molecule has 3 rings (SSSR count). The largest absolute Gasteiger partial charge is 0.465 e. The molecule has 0 aliphatic rings. The molecule has 0 aromatic heterocycles. The van der Waals surface area contributed by atoms with Crippen molar-refractivity contribution in [2.45, 2.75) is 0 Å². The molecule has 0 fully saturated rings. The van der Waals surface area contributed by atoms with Gasteiger partial charge < -0.3 is 4.74 Å². The first-order chi connectivity index (χ1) is 10.6. The van der Waals surface area contributed by atoms with Crippen LogP contribution in [0.4, 0.5) is 0 Å². The van der Waals surface area contributed by atoms with Crippen LogP contribution in [0.15, 0.2) is 54.6 Å². The van der Waals surface area contributed by atoms with Crippen LogP contribution in [0.25, 0.3) is 21.9 Å². The van der Waals surface area contributed by atoms with Gasteiger partial charge in [-0.25, -0.2) is 4.79 Å². The highest BCUT2D eigenvalue weighted by Crippen LogP contribution is 2.31. The summed E-state index contributed by atoms with van der Waals surface area (Å²) in [6, 6.07) is 16.7. The van der Waals surface area contributed by atoms with Crippen LogP contribution in [-0.2, 0) is 4.74 Å². The maximum atomic E-state index is 12.0. The minimum atomic E-state index is -0.391. The molecule has 3 aromatic carbocycles. The monoisotopic (exact) mass is 330 g/mol. The number of rotatable bonds is 2.